The molecule has 5 nitrogen and oxygen atoms in total. The Bertz CT molecular complexity index is 818. The van der Waals surface area contributed by atoms with Gasteiger partial charge in [0, 0.05) is 17.5 Å². The average Bonchev–Trinajstić information content (AvgIpc) is 2.97. The number of halogens is 1. The molecule has 0 radical (unpaired) electrons. The van der Waals surface area contributed by atoms with Gasteiger partial charge in [-0.25, -0.2) is 14.4 Å². The first-order valence-electron chi connectivity index (χ1n) is 6.43. The Kier molecular flexibility index (Phi) is 4.08. The molecule has 7 heteroatoms. The predicted octanol–water partition coefficient (Wildman–Crippen LogP) is 2.45. The summed E-state index contributed by atoms with van der Waals surface area (Å²) in [5.41, 5.74) is 1.99. The first-order valence-corrected chi connectivity index (χ1v) is 7.67. The highest BCUT2D eigenvalue weighted by atomic mass is 32.2. The van der Waals surface area contributed by atoms with E-state index in [9.17, 15) is 13.2 Å². The van der Waals surface area contributed by atoms with Crippen LogP contribution in [0.3, 0.4) is 0 Å². The Hall–Kier alpha value is -2.38. The third kappa shape index (κ3) is 3.10. The Morgan fingerprint density at radius 3 is 2.77 bits per heavy atom. The normalized spacial score (nSPS) is 12.3. The maximum absolute atomic E-state index is 13.4. The van der Waals surface area contributed by atoms with Crippen molar-refractivity contribution in [3.8, 4) is 17.1 Å². The van der Waals surface area contributed by atoms with Crippen LogP contribution in [0.2, 0.25) is 0 Å². The lowest BCUT2D eigenvalue weighted by Crippen LogP contribution is -2.00. The molecule has 112 valence electrons. The fraction of sp³-hybridized carbons (Fsp3) is 0.0667. The largest absolute Gasteiger partial charge is 0.772 e. The fourth-order valence-corrected chi connectivity index (χ4v) is 2.56. The van der Waals surface area contributed by atoms with Gasteiger partial charge in [-0.3, -0.25) is 8.78 Å². The van der Waals surface area contributed by atoms with Gasteiger partial charge in [0.15, 0.2) is 0 Å². The van der Waals surface area contributed by atoms with Crippen LogP contribution in [0.1, 0.15) is 5.56 Å². The molecule has 0 saturated carbocycles. The number of rotatable bonds is 4. The molecule has 1 atom stereocenters. The number of hydrogen-bond acceptors (Lipinski definition) is 4. The van der Waals surface area contributed by atoms with Crippen molar-refractivity contribution >= 4 is 11.1 Å². The molecule has 0 spiro atoms. The monoisotopic (exact) mass is 316 g/mol. The second-order valence-electron chi connectivity index (χ2n) is 4.63. The maximum Gasteiger partial charge on any atom is 0.138 e. The summed E-state index contributed by atoms with van der Waals surface area (Å²) in [5, 5.41) is 0. The van der Waals surface area contributed by atoms with Crippen molar-refractivity contribution < 1.29 is 13.2 Å². The predicted molar refractivity (Wildman–Crippen MR) is 79.4 cm³/mol. The van der Waals surface area contributed by atoms with Gasteiger partial charge < -0.3 is 4.55 Å². The van der Waals surface area contributed by atoms with Crippen LogP contribution in [0.5, 0.6) is 0 Å². The van der Waals surface area contributed by atoms with Crippen molar-refractivity contribution in [3.05, 3.63) is 66.5 Å². The van der Waals surface area contributed by atoms with Gasteiger partial charge in [-0.15, -0.1) is 0 Å². The number of benzene rings is 1. The van der Waals surface area contributed by atoms with E-state index in [4.69, 9.17) is 0 Å². The molecule has 3 rings (SSSR count). The minimum atomic E-state index is -2.15. The van der Waals surface area contributed by atoms with Crippen molar-refractivity contribution in [2.45, 2.75) is 5.75 Å². The van der Waals surface area contributed by atoms with Crippen LogP contribution < -0.4 is 0 Å². The number of imidazole rings is 1. The van der Waals surface area contributed by atoms with E-state index in [0.29, 0.717) is 22.6 Å². The van der Waals surface area contributed by atoms with Crippen LogP contribution in [0.4, 0.5) is 4.39 Å². The molecule has 2 aromatic heterocycles. The van der Waals surface area contributed by atoms with Crippen LogP contribution in [-0.4, -0.2) is 23.3 Å². The summed E-state index contributed by atoms with van der Waals surface area (Å²) in [4.78, 5) is 8.32. The van der Waals surface area contributed by atoms with E-state index in [2.05, 4.69) is 9.97 Å². The molecule has 3 aromatic rings. The smallest absolute Gasteiger partial charge is 0.138 e. The van der Waals surface area contributed by atoms with Crippen molar-refractivity contribution in [1.29, 1.82) is 0 Å². The van der Waals surface area contributed by atoms with Crippen molar-refractivity contribution in [2.24, 2.45) is 0 Å². The van der Waals surface area contributed by atoms with Gasteiger partial charge in [0.2, 0.25) is 0 Å². The van der Waals surface area contributed by atoms with Crippen molar-refractivity contribution in [2.75, 3.05) is 0 Å². The Labute approximate surface area is 128 Å². The van der Waals surface area contributed by atoms with E-state index >= 15 is 0 Å². The standard InChI is InChI=1S/C15H12FN3O2S/c16-13-3-1-2-12(6-13)14-8-17-10-19(14)15-5-4-11(7-18-15)9-22(20)21/h1-8,10H,9H2,(H,20,21)/p-1. The fourth-order valence-electron chi connectivity index (χ4n) is 2.12. The first kappa shape index (κ1) is 14.6. The SMILES string of the molecule is O=S([O-])Cc1ccc(-n2cncc2-c2cccc(F)c2)nc1. The molecule has 0 fully saturated rings. The maximum atomic E-state index is 13.4. The molecule has 0 bridgehead atoms. The molecule has 0 aliphatic rings. The summed E-state index contributed by atoms with van der Waals surface area (Å²) >= 11 is -2.15. The van der Waals surface area contributed by atoms with Crippen LogP contribution in [0, 0.1) is 5.82 Å². The lowest BCUT2D eigenvalue weighted by molar-refractivity contribution is 0.536. The van der Waals surface area contributed by atoms with E-state index in [1.54, 1.807) is 41.4 Å². The average molecular weight is 316 g/mol. The summed E-state index contributed by atoms with van der Waals surface area (Å²) in [6.45, 7) is 0. The molecule has 0 aliphatic carbocycles. The molecule has 0 aliphatic heterocycles. The van der Waals surface area contributed by atoms with E-state index < -0.39 is 11.1 Å². The summed E-state index contributed by atoms with van der Waals surface area (Å²) < 4.78 is 36.4. The number of aromatic nitrogens is 3. The van der Waals surface area contributed by atoms with Gasteiger partial charge in [0.1, 0.15) is 18.0 Å². The van der Waals surface area contributed by atoms with Crippen molar-refractivity contribution in [1.82, 2.24) is 14.5 Å². The first-order chi connectivity index (χ1) is 10.6. The molecule has 0 amide bonds. The number of nitrogens with zero attached hydrogens (tertiary/aromatic N) is 3. The Morgan fingerprint density at radius 2 is 2.09 bits per heavy atom. The van der Waals surface area contributed by atoms with Gasteiger partial charge in [-0.1, -0.05) is 29.3 Å². The van der Waals surface area contributed by atoms with E-state index in [0.717, 1.165) is 0 Å². The van der Waals surface area contributed by atoms with E-state index in [-0.39, 0.29) is 11.6 Å². The lowest BCUT2D eigenvalue weighted by atomic mass is 10.1. The van der Waals surface area contributed by atoms with Gasteiger partial charge in [0.25, 0.3) is 0 Å². The third-order valence-electron chi connectivity index (χ3n) is 3.10. The van der Waals surface area contributed by atoms with Crippen LogP contribution in [0.25, 0.3) is 17.1 Å². The summed E-state index contributed by atoms with van der Waals surface area (Å²) in [7, 11) is 0. The number of pyridine rings is 1. The summed E-state index contributed by atoms with van der Waals surface area (Å²) in [6.07, 6.45) is 4.70. The molecule has 0 saturated heterocycles. The molecule has 1 unspecified atom stereocenters. The topological polar surface area (TPSA) is 70.8 Å². The van der Waals surface area contributed by atoms with Crippen LogP contribution in [0.15, 0.2) is 55.1 Å². The molecule has 1 aromatic carbocycles. The minimum absolute atomic E-state index is 0.0754. The highest BCUT2D eigenvalue weighted by molar-refractivity contribution is 7.78. The van der Waals surface area contributed by atoms with Crippen LogP contribution >= 0.6 is 0 Å². The second kappa shape index (κ2) is 6.17. The molecular weight excluding hydrogens is 305 g/mol. The minimum Gasteiger partial charge on any atom is -0.772 e. The van der Waals surface area contributed by atoms with E-state index in [1.807, 2.05) is 0 Å². The molecular formula is C15H11FN3O2S-. The number of hydrogen-bond donors (Lipinski definition) is 0. The zero-order chi connectivity index (χ0) is 15.5. The van der Waals surface area contributed by atoms with Gasteiger partial charge in [0.05, 0.1) is 11.9 Å². The Morgan fingerprint density at radius 1 is 1.23 bits per heavy atom. The quantitative estimate of drug-likeness (QED) is 0.693. The van der Waals surface area contributed by atoms with Gasteiger partial charge in [-0.2, -0.15) is 0 Å². The highest BCUT2D eigenvalue weighted by Crippen LogP contribution is 2.22. The summed E-state index contributed by atoms with van der Waals surface area (Å²) in [5.74, 6) is 0.178. The molecule has 2 heterocycles. The third-order valence-corrected chi connectivity index (χ3v) is 3.67. The zero-order valence-corrected chi connectivity index (χ0v) is 12.2. The van der Waals surface area contributed by atoms with Crippen LogP contribution in [-0.2, 0) is 16.8 Å². The van der Waals surface area contributed by atoms with Gasteiger partial charge >= 0.3 is 0 Å². The zero-order valence-electron chi connectivity index (χ0n) is 11.3. The van der Waals surface area contributed by atoms with Crippen molar-refractivity contribution in [3.63, 3.8) is 0 Å². The molecule has 0 N–H and O–H groups in total. The molecule has 22 heavy (non-hydrogen) atoms. The second-order valence-corrected chi connectivity index (χ2v) is 5.53. The Balaban J connectivity index is 1.96. The van der Waals surface area contributed by atoms with Gasteiger partial charge in [-0.05, 0) is 23.8 Å². The lowest BCUT2D eigenvalue weighted by Gasteiger charge is -2.09. The highest BCUT2D eigenvalue weighted by Gasteiger charge is 2.08. The van der Waals surface area contributed by atoms with E-state index in [1.165, 1.54) is 18.3 Å². The summed E-state index contributed by atoms with van der Waals surface area (Å²) in [6, 6.07) is 9.59.